The van der Waals surface area contributed by atoms with E-state index in [-0.39, 0.29) is 12.6 Å². The van der Waals surface area contributed by atoms with Crippen LogP contribution in [0.4, 0.5) is 26.3 Å². The first-order valence-electron chi connectivity index (χ1n) is 11.0. The Kier molecular flexibility index (Phi) is 7.97. The van der Waals surface area contributed by atoms with Crippen molar-refractivity contribution in [1.29, 1.82) is 0 Å². The van der Waals surface area contributed by atoms with Gasteiger partial charge in [0.2, 0.25) is 0 Å². The molecule has 3 rings (SSSR count). The third-order valence-corrected chi connectivity index (χ3v) is 7.00. The Labute approximate surface area is 174 Å². The van der Waals surface area contributed by atoms with Crippen LogP contribution in [0, 0.1) is 23.6 Å². The number of halogens is 6. The van der Waals surface area contributed by atoms with Crippen LogP contribution >= 0.6 is 0 Å². The van der Waals surface area contributed by atoms with Gasteiger partial charge in [0.05, 0.1) is 6.67 Å². The van der Waals surface area contributed by atoms with E-state index in [2.05, 4.69) is 4.74 Å². The minimum atomic E-state index is -4.72. The molecule has 170 valence electrons. The van der Waals surface area contributed by atoms with E-state index < -0.39 is 24.1 Å². The van der Waals surface area contributed by atoms with Crippen LogP contribution < -0.4 is 4.74 Å². The molecule has 0 amide bonds. The van der Waals surface area contributed by atoms with Crippen LogP contribution in [0.3, 0.4) is 0 Å². The van der Waals surface area contributed by atoms with Gasteiger partial charge in [0.25, 0.3) is 0 Å². The molecule has 0 bridgehead atoms. The van der Waals surface area contributed by atoms with Crippen LogP contribution in [-0.2, 0) is 0 Å². The molecule has 0 saturated heterocycles. The second-order valence-corrected chi connectivity index (χ2v) is 8.88. The highest BCUT2D eigenvalue weighted by Gasteiger charge is 2.44. The Hall–Kier alpha value is -1.40. The van der Waals surface area contributed by atoms with Gasteiger partial charge in [0, 0.05) is 0 Å². The molecule has 0 N–H and O–H groups in total. The summed E-state index contributed by atoms with van der Waals surface area (Å²) >= 11 is 0. The molecule has 2 fully saturated rings. The van der Waals surface area contributed by atoms with E-state index in [0.29, 0.717) is 29.7 Å². The molecule has 2 saturated carbocycles. The van der Waals surface area contributed by atoms with Crippen LogP contribution in [0.2, 0.25) is 0 Å². The number of alkyl halides is 5. The lowest BCUT2D eigenvalue weighted by molar-refractivity contribution is -0.254. The number of rotatable bonds is 8. The van der Waals surface area contributed by atoms with Crippen LogP contribution in [0.5, 0.6) is 5.75 Å². The molecule has 2 aliphatic carbocycles. The Balaban J connectivity index is 1.50. The maximum Gasteiger partial charge on any atom is 0.461 e. The van der Waals surface area contributed by atoms with Gasteiger partial charge in [-0.1, -0.05) is 18.9 Å². The molecule has 0 radical (unpaired) electrons. The lowest BCUT2D eigenvalue weighted by atomic mass is 9.68. The average Bonchev–Trinajstić information content (AvgIpc) is 2.74. The summed E-state index contributed by atoms with van der Waals surface area (Å²) in [6.07, 6.45) is 1.58. The molecule has 0 heterocycles. The topological polar surface area (TPSA) is 9.23 Å². The molecule has 0 aromatic heterocycles. The lowest BCUT2D eigenvalue weighted by Crippen LogP contribution is -2.33. The number of ether oxygens (including phenoxy) is 1. The minimum Gasteiger partial charge on any atom is -0.425 e. The molecule has 0 spiro atoms. The van der Waals surface area contributed by atoms with Gasteiger partial charge in [-0.3, -0.25) is 4.39 Å². The van der Waals surface area contributed by atoms with Gasteiger partial charge >= 0.3 is 12.5 Å². The van der Waals surface area contributed by atoms with Crippen molar-refractivity contribution in [2.45, 2.75) is 82.7 Å². The van der Waals surface area contributed by atoms with Crippen molar-refractivity contribution in [3.8, 4) is 5.75 Å². The van der Waals surface area contributed by atoms with Gasteiger partial charge in [-0.2, -0.15) is 17.6 Å². The summed E-state index contributed by atoms with van der Waals surface area (Å²) in [5, 5.41) is 0. The SMILES string of the molecule is FCCCC1CCC(C2CCC(c3ccc(OC(F)(F)C(F)F)c(F)c3)CC2)CC1. The maximum absolute atomic E-state index is 14.2. The molecule has 2 aliphatic rings. The highest BCUT2D eigenvalue weighted by Crippen LogP contribution is 2.45. The molecule has 1 aromatic rings. The Morgan fingerprint density at radius 2 is 1.53 bits per heavy atom. The summed E-state index contributed by atoms with van der Waals surface area (Å²) in [5.41, 5.74) is 0.702. The highest BCUT2D eigenvalue weighted by molar-refractivity contribution is 5.32. The quantitative estimate of drug-likeness (QED) is 0.377. The fourth-order valence-corrected chi connectivity index (χ4v) is 5.28. The van der Waals surface area contributed by atoms with Gasteiger partial charge in [0.1, 0.15) is 0 Å². The predicted octanol–water partition coefficient (Wildman–Crippen LogP) is 7.89. The summed E-state index contributed by atoms with van der Waals surface area (Å²) in [5.74, 6) is 0.261. The van der Waals surface area contributed by atoms with Crippen molar-refractivity contribution in [3.63, 3.8) is 0 Å². The summed E-state index contributed by atoms with van der Waals surface area (Å²) in [6, 6.07) is 3.66. The number of hydrogen-bond donors (Lipinski definition) is 0. The second-order valence-electron chi connectivity index (χ2n) is 8.88. The molecule has 1 nitrogen and oxygen atoms in total. The lowest BCUT2D eigenvalue weighted by Gasteiger charge is -2.38. The molecule has 0 unspecified atom stereocenters. The zero-order chi connectivity index (χ0) is 21.7. The first-order chi connectivity index (χ1) is 14.3. The minimum absolute atomic E-state index is 0.140. The zero-order valence-corrected chi connectivity index (χ0v) is 17.1. The monoisotopic (exact) mass is 436 g/mol. The van der Waals surface area contributed by atoms with Crippen LogP contribution in [0.15, 0.2) is 18.2 Å². The standard InChI is InChI=1S/C23H30F6O/c24-13-1-2-15-3-5-16(6-4-15)17-7-9-18(10-8-17)19-11-12-21(20(25)14-19)30-23(28,29)22(26)27/h11-12,14-18,22H,1-10,13H2. The van der Waals surface area contributed by atoms with Crippen molar-refractivity contribution in [2.24, 2.45) is 17.8 Å². The normalized spacial score (nSPS) is 28.0. The summed E-state index contributed by atoms with van der Waals surface area (Å²) in [6.45, 7) is -0.230. The van der Waals surface area contributed by atoms with Crippen LogP contribution in [0.25, 0.3) is 0 Å². The van der Waals surface area contributed by atoms with Crippen molar-refractivity contribution >= 4 is 0 Å². The fourth-order valence-electron chi connectivity index (χ4n) is 5.28. The van der Waals surface area contributed by atoms with Crippen LogP contribution in [-0.4, -0.2) is 19.2 Å². The summed E-state index contributed by atoms with van der Waals surface area (Å²) in [4.78, 5) is 0. The van der Waals surface area contributed by atoms with Crippen molar-refractivity contribution in [2.75, 3.05) is 6.67 Å². The molecule has 7 heteroatoms. The van der Waals surface area contributed by atoms with E-state index in [1.165, 1.54) is 31.7 Å². The molecule has 0 atom stereocenters. The third kappa shape index (κ3) is 5.85. The van der Waals surface area contributed by atoms with E-state index >= 15 is 0 Å². The summed E-state index contributed by atoms with van der Waals surface area (Å²) in [7, 11) is 0. The molecule has 0 aliphatic heterocycles. The Bertz CT molecular complexity index is 664. The maximum atomic E-state index is 14.2. The van der Waals surface area contributed by atoms with E-state index in [4.69, 9.17) is 0 Å². The third-order valence-electron chi connectivity index (χ3n) is 7.00. The van der Waals surface area contributed by atoms with E-state index in [1.54, 1.807) is 0 Å². The van der Waals surface area contributed by atoms with Gasteiger partial charge in [0.15, 0.2) is 11.6 Å². The van der Waals surface area contributed by atoms with E-state index in [0.717, 1.165) is 44.2 Å². The molecule has 1 aromatic carbocycles. The van der Waals surface area contributed by atoms with Crippen molar-refractivity contribution < 1.29 is 31.1 Å². The first kappa shape index (κ1) is 23.3. The van der Waals surface area contributed by atoms with Gasteiger partial charge in [-0.05, 0) is 92.7 Å². The Morgan fingerprint density at radius 3 is 2.07 bits per heavy atom. The number of benzene rings is 1. The highest BCUT2D eigenvalue weighted by atomic mass is 19.3. The van der Waals surface area contributed by atoms with E-state index in [9.17, 15) is 26.3 Å². The zero-order valence-electron chi connectivity index (χ0n) is 17.1. The molecular formula is C23H30F6O. The summed E-state index contributed by atoms with van der Waals surface area (Å²) < 4.78 is 80.9. The van der Waals surface area contributed by atoms with Gasteiger partial charge in [-0.15, -0.1) is 0 Å². The molecule has 30 heavy (non-hydrogen) atoms. The Morgan fingerprint density at radius 1 is 0.933 bits per heavy atom. The first-order valence-corrected chi connectivity index (χ1v) is 11.0. The van der Waals surface area contributed by atoms with Crippen molar-refractivity contribution in [3.05, 3.63) is 29.6 Å². The van der Waals surface area contributed by atoms with Gasteiger partial charge in [-0.25, -0.2) is 4.39 Å². The predicted molar refractivity (Wildman–Crippen MR) is 103 cm³/mol. The average molecular weight is 436 g/mol. The largest absolute Gasteiger partial charge is 0.461 e. The van der Waals surface area contributed by atoms with Crippen LogP contribution in [0.1, 0.15) is 75.7 Å². The van der Waals surface area contributed by atoms with Gasteiger partial charge < -0.3 is 4.74 Å². The fraction of sp³-hybridized carbons (Fsp3) is 0.739. The smallest absolute Gasteiger partial charge is 0.425 e. The van der Waals surface area contributed by atoms with E-state index in [1.807, 2.05) is 0 Å². The second kappa shape index (κ2) is 10.3. The molecular weight excluding hydrogens is 406 g/mol. The number of hydrogen-bond acceptors (Lipinski definition) is 1. The van der Waals surface area contributed by atoms with Crippen molar-refractivity contribution in [1.82, 2.24) is 0 Å².